The number of thiophene rings is 1. The van der Waals surface area contributed by atoms with E-state index in [1.54, 1.807) is 12.3 Å². The van der Waals surface area contributed by atoms with E-state index in [1.165, 1.54) is 11.3 Å². The Kier molecular flexibility index (Phi) is 5.88. The van der Waals surface area contributed by atoms with Crippen molar-refractivity contribution in [2.75, 3.05) is 13.6 Å². The second-order valence-electron chi connectivity index (χ2n) is 4.35. The van der Waals surface area contributed by atoms with E-state index >= 15 is 0 Å². The molecule has 0 amide bonds. The van der Waals surface area contributed by atoms with Gasteiger partial charge in [-0.3, -0.25) is 4.98 Å². The van der Waals surface area contributed by atoms with E-state index in [2.05, 4.69) is 31.0 Å². The third-order valence-corrected chi connectivity index (χ3v) is 6.46. The van der Waals surface area contributed by atoms with Gasteiger partial charge >= 0.3 is 0 Å². The highest BCUT2D eigenvalue weighted by Gasteiger charge is 2.20. The third-order valence-electron chi connectivity index (χ3n) is 2.75. The molecule has 0 aromatic carbocycles. The minimum atomic E-state index is -3.50. The molecule has 0 aliphatic heterocycles. The number of nitrogens with one attached hydrogen (secondary N) is 2. The highest BCUT2D eigenvalue weighted by molar-refractivity contribution is 9.11. The van der Waals surface area contributed by atoms with Crippen molar-refractivity contribution < 1.29 is 8.42 Å². The molecule has 0 aliphatic rings. The Labute approximate surface area is 137 Å². The summed E-state index contributed by atoms with van der Waals surface area (Å²) < 4.78 is 27.8. The first-order valence-corrected chi connectivity index (χ1v) is 9.44. The fourth-order valence-corrected chi connectivity index (χ4v) is 5.50. The first-order valence-electron chi connectivity index (χ1n) is 6.35. The molecule has 2 aromatic rings. The molecule has 21 heavy (non-hydrogen) atoms. The summed E-state index contributed by atoms with van der Waals surface area (Å²) in [4.78, 5) is 5.42. The molecule has 5 nitrogen and oxygen atoms in total. The highest BCUT2D eigenvalue weighted by Crippen LogP contribution is 2.31. The van der Waals surface area contributed by atoms with Gasteiger partial charge in [0.25, 0.3) is 0 Å². The number of halogens is 1. The van der Waals surface area contributed by atoms with Gasteiger partial charge in [-0.2, -0.15) is 0 Å². The van der Waals surface area contributed by atoms with Gasteiger partial charge in [0.05, 0.1) is 3.79 Å². The van der Waals surface area contributed by atoms with Crippen molar-refractivity contribution in [1.82, 2.24) is 15.0 Å². The predicted octanol–water partition coefficient (Wildman–Crippen LogP) is 2.15. The van der Waals surface area contributed by atoms with Crippen LogP contribution in [-0.2, 0) is 23.0 Å². The predicted molar refractivity (Wildman–Crippen MR) is 87.9 cm³/mol. The van der Waals surface area contributed by atoms with Crippen molar-refractivity contribution in [3.8, 4) is 0 Å². The number of nitrogens with zero attached hydrogens (tertiary/aromatic N) is 1. The number of hydrogen-bond acceptors (Lipinski definition) is 5. The minimum absolute atomic E-state index is 0.291. The summed E-state index contributed by atoms with van der Waals surface area (Å²) in [6.45, 7) is 0.968. The molecule has 2 aromatic heterocycles. The van der Waals surface area contributed by atoms with Crippen LogP contribution < -0.4 is 10.0 Å². The van der Waals surface area contributed by atoms with Crippen LogP contribution in [0.1, 0.15) is 10.6 Å². The summed E-state index contributed by atoms with van der Waals surface area (Å²) in [5.41, 5.74) is 0.862. The maximum absolute atomic E-state index is 12.3. The van der Waals surface area contributed by atoms with E-state index in [0.717, 1.165) is 10.6 Å². The summed E-state index contributed by atoms with van der Waals surface area (Å²) in [5.74, 6) is 0. The van der Waals surface area contributed by atoms with Crippen LogP contribution in [0.25, 0.3) is 0 Å². The Morgan fingerprint density at radius 1 is 1.38 bits per heavy atom. The van der Waals surface area contributed by atoms with E-state index in [-0.39, 0.29) is 0 Å². The smallest absolute Gasteiger partial charge is 0.242 e. The van der Waals surface area contributed by atoms with Crippen molar-refractivity contribution in [3.63, 3.8) is 0 Å². The highest BCUT2D eigenvalue weighted by atomic mass is 79.9. The lowest BCUT2D eigenvalue weighted by atomic mass is 10.3. The van der Waals surface area contributed by atoms with Gasteiger partial charge in [-0.25, -0.2) is 13.1 Å². The molecule has 0 saturated heterocycles. The molecule has 0 atom stereocenters. The number of aromatic nitrogens is 1. The summed E-state index contributed by atoms with van der Waals surface area (Å²) in [5, 5.41) is 3.01. The lowest BCUT2D eigenvalue weighted by Crippen LogP contribution is -2.26. The zero-order valence-corrected chi connectivity index (χ0v) is 14.7. The largest absolute Gasteiger partial charge is 0.315 e. The van der Waals surface area contributed by atoms with Crippen molar-refractivity contribution in [1.29, 1.82) is 0 Å². The van der Waals surface area contributed by atoms with Gasteiger partial charge < -0.3 is 5.32 Å². The summed E-state index contributed by atoms with van der Waals surface area (Å²) in [6.07, 6.45) is 2.26. The number of pyridine rings is 1. The topological polar surface area (TPSA) is 71.1 Å². The van der Waals surface area contributed by atoms with Gasteiger partial charge in [0.2, 0.25) is 10.0 Å². The Bertz CT molecular complexity index is 687. The van der Waals surface area contributed by atoms with Gasteiger partial charge in [-0.15, -0.1) is 11.3 Å². The first-order chi connectivity index (χ1) is 10.0. The lowest BCUT2D eigenvalue weighted by Gasteiger charge is -2.05. The van der Waals surface area contributed by atoms with Crippen molar-refractivity contribution >= 4 is 37.3 Å². The van der Waals surface area contributed by atoms with Gasteiger partial charge in [0.15, 0.2) is 0 Å². The van der Waals surface area contributed by atoms with E-state index in [1.807, 2.05) is 25.2 Å². The van der Waals surface area contributed by atoms with Gasteiger partial charge in [0, 0.05) is 36.3 Å². The molecular weight excluding hydrogens is 374 g/mol. The molecule has 0 aliphatic carbocycles. The van der Waals surface area contributed by atoms with Gasteiger partial charge in [-0.1, -0.05) is 6.07 Å². The molecule has 8 heteroatoms. The molecule has 0 radical (unpaired) electrons. The molecule has 0 bridgehead atoms. The second-order valence-corrected chi connectivity index (χ2v) is 8.54. The fraction of sp³-hybridized carbons (Fsp3) is 0.308. The summed E-state index contributed by atoms with van der Waals surface area (Å²) >= 11 is 4.74. The maximum atomic E-state index is 12.3. The van der Waals surface area contributed by atoms with E-state index in [4.69, 9.17) is 0 Å². The molecule has 2 rings (SSSR count). The van der Waals surface area contributed by atoms with E-state index in [9.17, 15) is 8.42 Å². The molecule has 2 heterocycles. The number of rotatable bonds is 7. The molecule has 0 saturated carbocycles. The van der Waals surface area contributed by atoms with Crippen LogP contribution in [-0.4, -0.2) is 27.0 Å². The van der Waals surface area contributed by atoms with Crippen molar-refractivity contribution in [3.05, 3.63) is 44.8 Å². The van der Waals surface area contributed by atoms with Gasteiger partial charge in [-0.05, 0) is 41.2 Å². The SMILES string of the molecule is CNCc1cc(S(=O)(=O)NCCc2ccccn2)c(Br)s1. The molecule has 2 N–H and O–H groups in total. The molecule has 0 fully saturated rings. The van der Waals surface area contributed by atoms with Crippen molar-refractivity contribution in [2.45, 2.75) is 17.9 Å². The van der Waals surface area contributed by atoms with Crippen LogP contribution in [0.2, 0.25) is 0 Å². The first kappa shape index (κ1) is 16.6. The monoisotopic (exact) mass is 389 g/mol. The zero-order valence-electron chi connectivity index (χ0n) is 11.5. The van der Waals surface area contributed by atoms with E-state index < -0.39 is 10.0 Å². The zero-order chi connectivity index (χ0) is 15.3. The van der Waals surface area contributed by atoms with Crippen LogP contribution >= 0.6 is 27.3 Å². The quantitative estimate of drug-likeness (QED) is 0.760. The van der Waals surface area contributed by atoms with Gasteiger partial charge in [0.1, 0.15) is 4.90 Å². The fourth-order valence-electron chi connectivity index (χ4n) is 1.78. The normalized spacial score (nSPS) is 11.7. The summed E-state index contributed by atoms with van der Waals surface area (Å²) in [7, 11) is -1.67. The van der Waals surface area contributed by atoms with Crippen LogP contribution in [0.3, 0.4) is 0 Å². The Balaban J connectivity index is 2.01. The maximum Gasteiger partial charge on any atom is 0.242 e. The minimum Gasteiger partial charge on any atom is -0.315 e. The number of hydrogen-bond donors (Lipinski definition) is 2. The average molecular weight is 390 g/mol. The third kappa shape index (κ3) is 4.58. The molecular formula is C13H16BrN3O2S2. The Morgan fingerprint density at radius 3 is 2.86 bits per heavy atom. The van der Waals surface area contributed by atoms with Crippen LogP contribution in [0.15, 0.2) is 39.1 Å². The molecule has 0 unspecified atom stereocenters. The molecule has 0 spiro atoms. The van der Waals surface area contributed by atoms with Crippen LogP contribution in [0, 0.1) is 0 Å². The summed E-state index contributed by atoms with van der Waals surface area (Å²) in [6, 6.07) is 7.28. The number of sulfonamides is 1. The average Bonchev–Trinajstić information content (AvgIpc) is 2.82. The second kappa shape index (κ2) is 7.46. The Morgan fingerprint density at radius 2 is 2.19 bits per heavy atom. The Hall–Kier alpha value is -0.800. The van der Waals surface area contributed by atoms with Crippen LogP contribution in [0.4, 0.5) is 0 Å². The molecule has 114 valence electrons. The van der Waals surface area contributed by atoms with E-state index in [0.29, 0.717) is 28.2 Å². The van der Waals surface area contributed by atoms with Crippen molar-refractivity contribution in [2.24, 2.45) is 0 Å². The van der Waals surface area contributed by atoms with Crippen LogP contribution in [0.5, 0.6) is 0 Å². The standard InChI is InChI=1S/C13H16BrN3O2S2/c1-15-9-11-8-12(13(14)20-11)21(18,19)17-7-5-10-4-2-3-6-16-10/h2-4,6,8,15,17H,5,7,9H2,1H3. The lowest BCUT2D eigenvalue weighted by molar-refractivity contribution is 0.581.